The Morgan fingerprint density at radius 1 is 1.46 bits per heavy atom. The molecule has 0 saturated carbocycles. The van der Waals surface area contributed by atoms with Gasteiger partial charge in [-0.25, -0.2) is 4.79 Å². The molecule has 70 valence electrons. The largest absolute Gasteiger partial charge is 0.508 e. The fraction of sp³-hybridized carbons (Fsp3) is 0.125. The first-order chi connectivity index (χ1) is 6.02. The predicted molar refractivity (Wildman–Crippen MR) is 48.4 cm³/mol. The van der Waals surface area contributed by atoms with Crippen LogP contribution in [0.5, 0.6) is 5.75 Å². The molecule has 0 aliphatic rings. The Balaban J connectivity index is 3.08. The second-order valence-electron chi connectivity index (χ2n) is 2.45. The third kappa shape index (κ3) is 2.19. The lowest BCUT2D eigenvalue weighted by atomic mass is 10.1. The van der Waals surface area contributed by atoms with E-state index in [4.69, 9.17) is 15.3 Å². The summed E-state index contributed by atoms with van der Waals surface area (Å²) in [4.78, 5) is 10.4. The van der Waals surface area contributed by atoms with Crippen molar-refractivity contribution in [2.24, 2.45) is 0 Å². The molecule has 0 saturated heterocycles. The van der Waals surface area contributed by atoms with Gasteiger partial charge in [0.2, 0.25) is 0 Å². The maximum atomic E-state index is 10.4. The number of rotatable bonds is 2. The van der Waals surface area contributed by atoms with Crippen molar-refractivity contribution < 1.29 is 20.1 Å². The van der Waals surface area contributed by atoms with Crippen molar-refractivity contribution in [3.05, 3.63) is 28.2 Å². The Hall–Kier alpha value is -1.07. The van der Waals surface area contributed by atoms with Crippen LogP contribution in [0.25, 0.3) is 0 Å². The van der Waals surface area contributed by atoms with E-state index in [2.05, 4.69) is 15.9 Å². The van der Waals surface area contributed by atoms with E-state index in [9.17, 15) is 4.79 Å². The molecule has 3 N–H and O–H groups in total. The second kappa shape index (κ2) is 3.76. The quantitative estimate of drug-likeness (QED) is 0.735. The number of carbonyl (C=O) groups is 1. The van der Waals surface area contributed by atoms with Crippen molar-refractivity contribution in [1.82, 2.24) is 0 Å². The Morgan fingerprint density at radius 3 is 2.54 bits per heavy atom. The molecular formula is C8H7BrO4. The molecule has 1 rings (SSSR count). The number of phenols is 1. The first-order valence-electron chi connectivity index (χ1n) is 3.41. The smallest absolute Gasteiger partial charge is 0.337 e. The number of aromatic hydroxyl groups is 1. The SMILES string of the molecule is O=C(O)[C@H](O)c1ccc(O)cc1Br. The summed E-state index contributed by atoms with van der Waals surface area (Å²) in [5.41, 5.74) is 0.213. The third-order valence-electron chi connectivity index (χ3n) is 1.51. The number of carboxylic acid groups (broad SMARTS) is 1. The average molecular weight is 247 g/mol. The molecule has 0 spiro atoms. The van der Waals surface area contributed by atoms with Gasteiger partial charge < -0.3 is 15.3 Å². The van der Waals surface area contributed by atoms with Gasteiger partial charge in [0.25, 0.3) is 0 Å². The van der Waals surface area contributed by atoms with Gasteiger partial charge in [-0.05, 0) is 12.1 Å². The Kier molecular flexibility index (Phi) is 2.90. The van der Waals surface area contributed by atoms with E-state index >= 15 is 0 Å². The summed E-state index contributed by atoms with van der Waals surface area (Å²) >= 11 is 3.03. The molecule has 1 atom stereocenters. The Morgan fingerprint density at radius 2 is 2.08 bits per heavy atom. The standard InChI is InChI=1S/C8H7BrO4/c9-6-3-4(10)1-2-5(6)7(11)8(12)13/h1-3,7,10-11H,(H,12,13)/t7-/m1/s1. The lowest BCUT2D eigenvalue weighted by Gasteiger charge is -2.07. The van der Waals surface area contributed by atoms with E-state index in [0.717, 1.165) is 0 Å². The van der Waals surface area contributed by atoms with Gasteiger partial charge >= 0.3 is 5.97 Å². The fourth-order valence-electron chi connectivity index (χ4n) is 0.871. The Bertz CT molecular complexity index is 337. The second-order valence-corrected chi connectivity index (χ2v) is 3.30. The van der Waals surface area contributed by atoms with Crippen LogP contribution < -0.4 is 0 Å². The topological polar surface area (TPSA) is 77.8 Å². The van der Waals surface area contributed by atoms with Gasteiger partial charge in [-0.1, -0.05) is 22.0 Å². The van der Waals surface area contributed by atoms with Crippen molar-refractivity contribution in [2.45, 2.75) is 6.10 Å². The number of phenolic OH excluding ortho intramolecular Hbond substituents is 1. The van der Waals surface area contributed by atoms with Crippen molar-refractivity contribution in [2.75, 3.05) is 0 Å². The van der Waals surface area contributed by atoms with Crippen LogP contribution in [-0.2, 0) is 4.79 Å². The molecule has 1 aromatic carbocycles. The Labute approximate surface area is 82.6 Å². The highest BCUT2D eigenvalue weighted by molar-refractivity contribution is 9.10. The molecule has 13 heavy (non-hydrogen) atoms. The highest BCUT2D eigenvalue weighted by Gasteiger charge is 2.18. The van der Waals surface area contributed by atoms with E-state index in [1.165, 1.54) is 18.2 Å². The molecule has 0 aliphatic heterocycles. The van der Waals surface area contributed by atoms with Gasteiger partial charge in [0.05, 0.1) is 0 Å². The molecule has 5 heteroatoms. The summed E-state index contributed by atoms with van der Waals surface area (Å²) in [6.45, 7) is 0. The van der Waals surface area contributed by atoms with Crippen LogP contribution in [0.2, 0.25) is 0 Å². The third-order valence-corrected chi connectivity index (χ3v) is 2.20. The number of hydrogen-bond acceptors (Lipinski definition) is 3. The summed E-state index contributed by atoms with van der Waals surface area (Å²) in [6.07, 6.45) is -1.57. The molecule has 0 radical (unpaired) electrons. The highest BCUT2D eigenvalue weighted by Crippen LogP contribution is 2.27. The van der Waals surface area contributed by atoms with Gasteiger partial charge in [0.1, 0.15) is 5.75 Å². The summed E-state index contributed by atoms with van der Waals surface area (Å²) in [5, 5.41) is 26.7. The van der Waals surface area contributed by atoms with Crippen LogP contribution in [0.4, 0.5) is 0 Å². The maximum Gasteiger partial charge on any atom is 0.337 e. The average Bonchev–Trinajstić information content (AvgIpc) is 2.03. The number of halogens is 1. The van der Waals surface area contributed by atoms with E-state index in [-0.39, 0.29) is 11.3 Å². The van der Waals surface area contributed by atoms with Crippen LogP contribution in [0, 0.1) is 0 Å². The zero-order valence-electron chi connectivity index (χ0n) is 6.44. The minimum atomic E-state index is -1.57. The molecule has 0 heterocycles. The van der Waals surface area contributed by atoms with Crippen molar-refractivity contribution in [1.29, 1.82) is 0 Å². The molecule has 0 aliphatic carbocycles. The first kappa shape index (κ1) is 10.0. The van der Waals surface area contributed by atoms with Crippen molar-refractivity contribution in [3.8, 4) is 5.75 Å². The number of aliphatic hydroxyl groups is 1. The fourth-order valence-corrected chi connectivity index (χ4v) is 1.45. The van der Waals surface area contributed by atoms with Gasteiger partial charge in [0.15, 0.2) is 6.10 Å². The molecule has 0 fully saturated rings. The first-order valence-corrected chi connectivity index (χ1v) is 4.21. The summed E-state index contributed by atoms with van der Waals surface area (Å²) in [5.74, 6) is -1.32. The minimum Gasteiger partial charge on any atom is -0.508 e. The molecule has 1 aromatic rings. The molecular weight excluding hydrogens is 240 g/mol. The number of hydrogen-bond donors (Lipinski definition) is 3. The van der Waals surface area contributed by atoms with Gasteiger partial charge in [-0.2, -0.15) is 0 Å². The van der Waals surface area contributed by atoms with Gasteiger partial charge in [-0.3, -0.25) is 0 Å². The molecule has 4 nitrogen and oxygen atoms in total. The lowest BCUT2D eigenvalue weighted by molar-refractivity contribution is -0.147. The van der Waals surface area contributed by atoms with Crippen molar-refractivity contribution >= 4 is 21.9 Å². The molecule has 0 amide bonds. The summed E-state index contributed by atoms with van der Waals surface area (Å²) in [6, 6.07) is 3.98. The van der Waals surface area contributed by atoms with E-state index in [0.29, 0.717) is 4.47 Å². The number of benzene rings is 1. The van der Waals surface area contributed by atoms with E-state index in [1.54, 1.807) is 0 Å². The minimum absolute atomic E-state index is 0.00761. The number of aliphatic hydroxyl groups excluding tert-OH is 1. The van der Waals surface area contributed by atoms with E-state index in [1.807, 2.05) is 0 Å². The molecule has 0 bridgehead atoms. The molecule has 0 aromatic heterocycles. The zero-order chi connectivity index (χ0) is 10.0. The van der Waals surface area contributed by atoms with Crippen LogP contribution in [0.1, 0.15) is 11.7 Å². The lowest BCUT2D eigenvalue weighted by Crippen LogP contribution is -2.10. The highest BCUT2D eigenvalue weighted by atomic mass is 79.9. The van der Waals surface area contributed by atoms with Crippen LogP contribution in [-0.4, -0.2) is 21.3 Å². The van der Waals surface area contributed by atoms with Crippen LogP contribution >= 0.6 is 15.9 Å². The zero-order valence-corrected chi connectivity index (χ0v) is 8.02. The maximum absolute atomic E-state index is 10.4. The van der Waals surface area contributed by atoms with Crippen LogP contribution in [0.15, 0.2) is 22.7 Å². The molecule has 0 unspecified atom stereocenters. The monoisotopic (exact) mass is 246 g/mol. The number of carboxylic acids is 1. The van der Waals surface area contributed by atoms with Gasteiger partial charge in [0, 0.05) is 10.0 Å². The van der Waals surface area contributed by atoms with E-state index < -0.39 is 12.1 Å². The predicted octanol–water partition coefficient (Wildman–Crippen LogP) is 1.27. The number of aliphatic carboxylic acids is 1. The summed E-state index contributed by atoms with van der Waals surface area (Å²) < 4.78 is 0.363. The van der Waals surface area contributed by atoms with Crippen molar-refractivity contribution in [3.63, 3.8) is 0 Å². The van der Waals surface area contributed by atoms with Gasteiger partial charge in [-0.15, -0.1) is 0 Å². The van der Waals surface area contributed by atoms with Crippen LogP contribution in [0.3, 0.4) is 0 Å². The normalized spacial score (nSPS) is 12.5. The summed E-state index contributed by atoms with van der Waals surface area (Å²) in [7, 11) is 0.